The number of rotatable bonds is 2. The number of nitrogens with one attached hydrogen (secondary N) is 1. The maximum Gasteiger partial charge on any atom is 0.273 e. The fraction of sp³-hybridized carbons (Fsp3) is 0.182. The van der Waals surface area contributed by atoms with E-state index in [1.165, 1.54) is 4.68 Å². The second-order valence-corrected chi connectivity index (χ2v) is 3.58. The fourth-order valence-electron chi connectivity index (χ4n) is 1.55. The number of aliphatic hydroxyl groups is 1. The highest BCUT2D eigenvalue weighted by Gasteiger charge is 2.13. The molecule has 0 aliphatic heterocycles. The van der Waals surface area contributed by atoms with Crippen molar-refractivity contribution in [3.05, 3.63) is 45.7 Å². The molecule has 2 aromatic rings. The maximum absolute atomic E-state index is 11.4. The number of aliphatic hydroxyl groups excluding tert-OH is 1. The molecule has 0 bridgehead atoms. The third-order valence-electron chi connectivity index (χ3n) is 2.39. The molecule has 0 fully saturated rings. The molecule has 0 aliphatic rings. The molecule has 5 nitrogen and oxygen atoms in total. The van der Waals surface area contributed by atoms with Crippen molar-refractivity contribution in [2.75, 3.05) is 0 Å². The highest BCUT2D eigenvalue weighted by molar-refractivity contribution is 5.39. The molecule has 0 atom stereocenters. The lowest BCUT2D eigenvalue weighted by molar-refractivity contribution is 0.273. The van der Waals surface area contributed by atoms with E-state index >= 15 is 0 Å². The summed E-state index contributed by atoms with van der Waals surface area (Å²) in [5, 5.41) is 21.1. The first-order chi connectivity index (χ1) is 7.63. The molecular formula is C11H12N2O3. The summed E-state index contributed by atoms with van der Waals surface area (Å²) in [6.45, 7) is 1.43. The molecule has 16 heavy (non-hydrogen) atoms. The highest BCUT2D eigenvalue weighted by atomic mass is 16.3. The summed E-state index contributed by atoms with van der Waals surface area (Å²) in [5.41, 5.74) is 1.15. The van der Waals surface area contributed by atoms with Crippen LogP contribution in [0.5, 0.6) is 5.88 Å². The van der Waals surface area contributed by atoms with Gasteiger partial charge in [0.25, 0.3) is 5.56 Å². The van der Waals surface area contributed by atoms with E-state index in [1.807, 2.05) is 25.1 Å². The smallest absolute Gasteiger partial charge is 0.273 e. The van der Waals surface area contributed by atoms with Gasteiger partial charge >= 0.3 is 0 Å². The van der Waals surface area contributed by atoms with Gasteiger partial charge in [0, 0.05) is 0 Å². The minimum Gasteiger partial charge on any atom is -0.493 e. The van der Waals surface area contributed by atoms with Crippen LogP contribution in [-0.4, -0.2) is 20.0 Å². The largest absolute Gasteiger partial charge is 0.493 e. The molecule has 1 aromatic heterocycles. The van der Waals surface area contributed by atoms with Crippen LogP contribution >= 0.6 is 0 Å². The molecule has 0 aliphatic carbocycles. The molecule has 2 rings (SSSR count). The van der Waals surface area contributed by atoms with Crippen molar-refractivity contribution < 1.29 is 10.2 Å². The molecular weight excluding hydrogens is 208 g/mol. The molecule has 1 heterocycles. The predicted octanol–water partition coefficient (Wildman–Crippen LogP) is 0.672. The molecule has 0 amide bonds. The van der Waals surface area contributed by atoms with E-state index in [0.29, 0.717) is 5.69 Å². The Morgan fingerprint density at radius 2 is 2.19 bits per heavy atom. The van der Waals surface area contributed by atoms with Crippen LogP contribution in [0.25, 0.3) is 5.69 Å². The second-order valence-electron chi connectivity index (χ2n) is 3.58. The summed E-state index contributed by atoms with van der Waals surface area (Å²) in [6.07, 6.45) is 0. The number of H-pyrrole nitrogens is 1. The van der Waals surface area contributed by atoms with Crippen LogP contribution in [0.4, 0.5) is 0 Å². The second kappa shape index (κ2) is 3.86. The third kappa shape index (κ3) is 1.61. The lowest BCUT2D eigenvalue weighted by atomic mass is 10.2. The van der Waals surface area contributed by atoms with Gasteiger partial charge in [-0.2, -0.15) is 0 Å². The number of benzene rings is 1. The summed E-state index contributed by atoms with van der Waals surface area (Å²) >= 11 is 0. The fourth-order valence-corrected chi connectivity index (χ4v) is 1.55. The minimum atomic E-state index is -0.486. The van der Waals surface area contributed by atoms with E-state index < -0.39 is 12.2 Å². The normalized spacial score (nSPS) is 10.6. The SMILES string of the molecule is Cc1cccc(-n2[nH]c(=O)c(CO)c2O)c1. The van der Waals surface area contributed by atoms with E-state index in [4.69, 9.17) is 5.11 Å². The van der Waals surface area contributed by atoms with Gasteiger partial charge < -0.3 is 10.2 Å². The van der Waals surface area contributed by atoms with Crippen LogP contribution < -0.4 is 5.56 Å². The van der Waals surface area contributed by atoms with Gasteiger partial charge in [0.1, 0.15) is 5.56 Å². The molecule has 0 spiro atoms. The van der Waals surface area contributed by atoms with Crippen LogP contribution in [0.15, 0.2) is 29.1 Å². The van der Waals surface area contributed by atoms with Crippen molar-refractivity contribution >= 4 is 0 Å². The van der Waals surface area contributed by atoms with Crippen molar-refractivity contribution in [2.24, 2.45) is 0 Å². The van der Waals surface area contributed by atoms with Crippen LogP contribution in [0.1, 0.15) is 11.1 Å². The molecule has 0 saturated heterocycles. The summed E-state index contributed by atoms with van der Waals surface area (Å²) < 4.78 is 1.25. The zero-order valence-electron chi connectivity index (χ0n) is 8.77. The van der Waals surface area contributed by atoms with Gasteiger partial charge in [0.05, 0.1) is 12.3 Å². The van der Waals surface area contributed by atoms with E-state index in [2.05, 4.69) is 5.10 Å². The first-order valence-corrected chi connectivity index (χ1v) is 4.84. The predicted molar refractivity (Wildman–Crippen MR) is 58.7 cm³/mol. The Labute approximate surface area is 91.6 Å². The van der Waals surface area contributed by atoms with Crippen molar-refractivity contribution in [2.45, 2.75) is 13.5 Å². The molecule has 0 unspecified atom stereocenters. The number of hydrogen-bond donors (Lipinski definition) is 3. The molecule has 5 heteroatoms. The van der Waals surface area contributed by atoms with E-state index in [1.54, 1.807) is 6.07 Å². The Hall–Kier alpha value is -2.01. The van der Waals surface area contributed by atoms with Crippen LogP contribution in [0.3, 0.4) is 0 Å². The van der Waals surface area contributed by atoms with Gasteiger partial charge in [-0.3, -0.25) is 9.89 Å². The monoisotopic (exact) mass is 220 g/mol. The topological polar surface area (TPSA) is 78.2 Å². The molecule has 0 saturated carbocycles. The Bertz CT molecular complexity index is 569. The minimum absolute atomic E-state index is 0.0264. The molecule has 3 N–H and O–H groups in total. The molecule has 0 radical (unpaired) electrons. The van der Waals surface area contributed by atoms with Crippen molar-refractivity contribution in [3.8, 4) is 11.6 Å². The van der Waals surface area contributed by atoms with Crippen molar-refractivity contribution in [3.63, 3.8) is 0 Å². The molecule has 84 valence electrons. The number of hydrogen-bond acceptors (Lipinski definition) is 3. The summed E-state index contributed by atoms with van der Waals surface area (Å²) in [4.78, 5) is 11.4. The van der Waals surface area contributed by atoms with Crippen molar-refractivity contribution in [1.82, 2.24) is 9.78 Å². The Kier molecular flexibility index (Phi) is 2.54. The van der Waals surface area contributed by atoms with Crippen LogP contribution in [-0.2, 0) is 6.61 Å². The maximum atomic E-state index is 11.4. The zero-order chi connectivity index (χ0) is 11.7. The van der Waals surface area contributed by atoms with Gasteiger partial charge in [-0.1, -0.05) is 12.1 Å². The van der Waals surface area contributed by atoms with E-state index in [0.717, 1.165) is 5.56 Å². The number of aromatic hydroxyl groups is 1. The number of aryl methyl sites for hydroxylation is 1. The van der Waals surface area contributed by atoms with Gasteiger partial charge in [-0.05, 0) is 24.6 Å². The zero-order valence-corrected chi connectivity index (χ0v) is 8.77. The lowest BCUT2D eigenvalue weighted by Crippen LogP contribution is -2.07. The third-order valence-corrected chi connectivity index (χ3v) is 2.39. The summed E-state index contributed by atoms with van der Waals surface area (Å²) in [7, 11) is 0. The number of nitrogens with zero attached hydrogens (tertiary/aromatic N) is 1. The first-order valence-electron chi connectivity index (χ1n) is 4.84. The molecule has 1 aromatic carbocycles. The van der Waals surface area contributed by atoms with E-state index in [-0.39, 0.29) is 11.4 Å². The Balaban J connectivity index is 2.61. The standard InChI is InChI=1S/C11H12N2O3/c1-7-3-2-4-8(5-7)13-11(16)9(6-14)10(15)12-13/h2-5,14,16H,6H2,1H3,(H,12,15). The number of aromatic amines is 1. The number of aromatic nitrogens is 2. The lowest BCUT2D eigenvalue weighted by Gasteiger charge is -2.04. The Morgan fingerprint density at radius 3 is 2.75 bits per heavy atom. The first kappa shape index (κ1) is 10.5. The average molecular weight is 220 g/mol. The van der Waals surface area contributed by atoms with Gasteiger partial charge in [-0.15, -0.1) is 0 Å². The quantitative estimate of drug-likeness (QED) is 0.696. The average Bonchev–Trinajstić information content (AvgIpc) is 2.54. The van der Waals surface area contributed by atoms with Gasteiger partial charge in [0.2, 0.25) is 5.88 Å². The summed E-state index contributed by atoms with van der Waals surface area (Å²) in [6, 6.07) is 7.30. The van der Waals surface area contributed by atoms with E-state index in [9.17, 15) is 9.90 Å². The van der Waals surface area contributed by atoms with Crippen LogP contribution in [0, 0.1) is 6.92 Å². The highest BCUT2D eigenvalue weighted by Crippen LogP contribution is 2.18. The van der Waals surface area contributed by atoms with Gasteiger partial charge in [0.15, 0.2) is 0 Å². The summed E-state index contributed by atoms with van der Waals surface area (Å²) in [5.74, 6) is -0.252. The van der Waals surface area contributed by atoms with Crippen LogP contribution in [0.2, 0.25) is 0 Å². The Morgan fingerprint density at radius 1 is 1.44 bits per heavy atom. The van der Waals surface area contributed by atoms with Gasteiger partial charge in [-0.25, -0.2) is 4.68 Å². The van der Waals surface area contributed by atoms with Crippen molar-refractivity contribution in [1.29, 1.82) is 0 Å².